The van der Waals surface area contributed by atoms with E-state index < -0.39 is 10.0 Å². The first kappa shape index (κ1) is 16.0. The zero-order valence-electron chi connectivity index (χ0n) is 11.8. The maximum Gasteiger partial charge on any atom is 0.243 e. The predicted octanol–water partition coefficient (Wildman–Crippen LogP) is 0.390. The van der Waals surface area contributed by atoms with Crippen LogP contribution in [-0.2, 0) is 10.0 Å². The summed E-state index contributed by atoms with van der Waals surface area (Å²) >= 11 is 0. The molecule has 0 aromatic heterocycles. The zero-order valence-corrected chi connectivity index (χ0v) is 12.6. The van der Waals surface area contributed by atoms with E-state index in [1.54, 1.807) is 24.3 Å². The van der Waals surface area contributed by atoms with Crippen LogP contribution in [0.25, 0.3) is 0 Å². The van der Waals surface area contributed by atoms with Crippen LogP contribution in [0.3, 0.4) is 0 Å². The summed E-state index contributed by atoms with van der Waals surface area (Å²) in [6.45, 7) is 1.32. The fourth-order valence-electron chi connectivity index (χ4n) is 2.47. The number of nitrogens with two attached hydrogens (primary N) is 1. The lowest BCUT2D eigenvalue weighted by molar-refractivity contribution is 0.259. The Labute approximate surface area is 125 Å². The molecule has 1 aromatic carbocycles. The third-order valence-corrected chi connectivity index (χ3v) is 5.45. The molecular formula is C15H20N2O3S. The van der Waals surface area contributed by atoms with Gasteiger partial charge in [-0.2, -0.15) is 4.31 Å². The highest BCUT2D eigenvalue weighted by Crippen LogP contribution is 2.26. The average Bonchev–Trinajstić information content (AvgIpc) is 2.95. The van der Waals surface area contributed by atoms with Crippen molar-refractivity contribution in [2.24, 2.45) is 11.7 Å². The fraction of sp³-hybridized carbons (Fsp3) is 0.467. The molecule has 1 fully saturated rings. The molecule has 1 unspecified atom stereocenters. The molecule has 1 aliphatic rings. The van der Waals surface area contributed by atoms with Gasteiger partial charge in [-0.1, -0.05) is 17.9 Å². The molecule has 6 heteroatoms. The van der Waals surface area contributed by atoms with Crippen LogP contribution < -0.4 is 5.73 Å². The van der Waals surface area contributed by atoms with Crippen LogP contribution in [0.15, 0.2) is 29.2 Å². The normalized spacial score (nSPS) is 19.2. The van der Waals surface area contributed by atoms with Gasteiger partial charge in [0.2, 0.25) is 10.0 Å². The molecule has 1 aromatic rings. The molecule has 0 radical (unpaired) electrons. The molecule has 0 aliphatic carbocycles. The first-order valence-corrected chi connectivity index (χ1v) is 8.42. The van der Waals surface area contributed by atoms with Gasteiger partial charge in [0.1, 0.15) is 0 Å². The smallest absolute Gasteiger partial charge is 0.243 e. The van der Waals surface area contributed by atoms with Crippen LogP contribution in [0.2, 0.25) is 0 Å². The lowest BCUT2D eigenvalue weighted by Gasteiger charge is -2.16. The van der Waals surface area contributed by atoms with Gasteiger partial charge in [0, 0.05) is 25.3 Å². The molecule has 5 nitrogen and oxygen atoms in total. The lowest BCUT2D eigenvalue weighted by Crippen LogP contribution is -2.29. The van der Waals surface area contributed by atoms with Crippen molar-refractivity contribution in [2.75, 3.05) is 26.2 Å². The van der Waals surface area contributed by atoms with Crippen molar-refractivity contribution >= 4 is 10.0 Å². The van der Waals surface area contributed by atoms with Crippen LogP contribution in [0.5, 0.6) is 0 Å². The monoisotopic (exact) mass is 308 g/mol. The summed E-state index contributed by atoms with van der Waals surface area (Å²) in [6, 6.07) is 6.62. The maximum atomic E-state index is 12.6. The minimum Gasteiger partial charge on any atom is -0.396 e. The van der Waals surface area contributed by atoms with Gasteiger partial charge in [0.05, 0.1) is 11.4 Å². The van der Waals surface area contributed by atoms with Crippen molar-refractivity contribution in [3.8, 4) is 11.8 Å². The summed E-state index contributed by atoms with van der Waals surface area (Å²) in [7, 11) is -3.48. The van der Waals surface area contributed by atoms with E-state index >= 15 is 0 Å². The Balaban J connectivity index is 2.20. The van der Waals surface area contributed by atoms with E-state index in [2.05, 4.69) is 11.8 Å². The summed E-state index contributed by atoms with van der Waals surface area (Å²) in [6.07, 6.45) is 1.44. The Bertz CT molecular complexity index is 646. The highest BCUT2D eigenvalue weighted by molar-refractivity contribution is 7.89. The number of sulfonamides is 1. The molecular weight excluding hydrogens is 288 g/mol. The average molecular weight is 308 g/mol. The van der Waals surface area contributed by atoms with Crippen LogP contribution in [0.1, 0.15) is 18.4 Å². The Morgan fingerprint density at radius 3 is 2.95 bits per heavy atom. The number of benzene rings is 1. The number of nitrogens with zero attached hydrogens (tertiary/aromatic N) is 1. The lowest BCUT2D eigenvalue weighted by atomic mass is 10.1. The minimum absolute atomic E-state index is 0.0999. The number of hydrogen-bond donors (Lipinski definition) is 2. The van der Waals surface area contributed by atoms with E-state index in [4.69, 9.17) is 10.8 Å². The van der Waals surface area contributed by atoms with Crippen molar-refractivity contribution in [1.82, 2.24) is 4.31 Å². The molecule has 1 saturated heterocycles. The third kappa shape index (κ3) is 3.83. The van der Waals surface area contributed by atoms with E-state index in [1.807, 2.05) is 0 Å². The second kappa shape index (κ2) is 7.05. The van der Waals surface area contributed by atoms with E-state index in [0.29, 0.717) is 25.1 Å². The van der Waals surface area contributed by atoms with Gasteiger partial charge in [-0.15, -0.1) is 0 Å². The molecule has 2 rings (SSSR count). The highest BCUT2D eigenvalue weighted by Gasteiger charge is 2.32. The number of hydrogen-bond acceptors (Lipinski definition) is 4. The Hall–Kier alpha value is -1.39. The Morgan fingerprint density at radius 2 is 2.24 bits per heavy atom. The molecule has 1 heterocycles. The zero-order chi connectivity index (χ0) is 15.3. The van der Waals surface area contributed by atoms with Gasteiger partial charge in [-0.3, -0.25) is 0 Å². The van der Waals surface area contributed by atoms with Crippen molar-refractivity contribution in [2.45, 2.75) is 17.7 Å². The molecule has 1 atom stereocenters. The molecule has 0 saturated carbocycles. The van der Waals surface area contributed by atoms with Gasteiger partial charge < -0.3 is 10.8 Å². The van der Waals surface area contributed by atoms with Crippen LogP contribution >= 0.6 is 0 Å². The summed E-state index contributed by atoms with van der Waals surface area (Å²) in [5.74, 6) is 5.80. The fourth-order valence-corrected chi connectivity index (χ4v) is 4.05. The van der Waals surface area contributed by atoms with Crippen molar-refractivity contribution < 1.29 is 13.5 Å². The third-order valence-electron chi connectivity index (χ3n) is 3.59. The van der Waals surface area contributed by atoms with Crippen LogP contribution in [-0.4, -0.2) is 44.1 Å². The largest absolute Gasteiger partial charge is 0.396 e. The quantitative estimate of drug-likeness (QED) is 0.788. The first-order chi connectivity index (χ1) is 10.1. The minimum atomic E-state index is -3.48. The molecule has 0 amide bonds. The van der Waals surface area contributed by atoms with E-state index in [0.717, 1.165) is 6.42 Å². The SMILES string of the molecule is NCC#Cc1cccc(S(=O)(=O)N2CCC(CCO)C2)c1. The second-order valence-corrected chi connectivity index (χ2v) is 7.00. The summed E-state index contributed by atoms with van der Waals surface area (Å²) in [4.78, 5) is 0.260. The van der Waals surface area contributed by atoms with Gasteiger partial charge in [0.25, 0.3) is 0 Å². The summed E-state index contributed by atoms with van der Waals surface area (Å²) in [5, 5.41) is 8.96. The van der Waals surface area contributed by atoms with Crippen molar-refractivity contribution in [1.29, 1.82) is 0 Å². The number of aliphatic hydroxyl groups is 1. The Morgan fingerprint density at radius 1 is 1.43 bits per heavy atom. The van der Waals surface area contributed by atoms with E-state index in [9.17, 15) is 8.42 Å². The van der Waals surface area contributed by atoms with Gasteiger partial charge >= 0.3 is 0 Å². The molecule has 0 spiro atoms. The summed E-state index contributed by atoms with van der Waals surface area (Å²) in [5.41, 5.74) is 5.97. The molecule has 3 N–H and O–H groups in total. The van der Waals surface area contributed by atoms with Gasteiger partial charge in [-0.25, -0.2) is 8.42 Å². The topological polar surface area (TPSA) is 83.6 Å². The standard InChI is InChI=1S/C15H20N2O3S/c16-8-2-4-13-3-1-5-15(11-13)21(19,20)17-9-6-14(12-17)7-10-18/h1,3,5,11,14,18H,6-10,12,16H2. The van der Waals surface area contributed by atoms with Crippen LogP contribution in [0.4, 0.5) is 0 Å². The van der Waals surface area contributed by atoms with Crippen LogP contribution in [0, 0.1) is 17.8 Å². The maximum absolute atomic E-state index is 12.6. The molecule has 1 aliphatic heterocycles. The molecule has 21 heavy (non-hydrogen) atoms. The van der Waals surface area contributed by atoms with Gasteiger partial charge in [-0.05, 0) is 37.0 Å². The van der Waals surface area contributed by atoms with Crippen molar-refractivity contribution in [3.05, 3.63) is 29.8 Å². The van der Waals surface area contributed by atoms with Crippen molar-refractivity contribution in [3.63, 3.8) is 0 Å². The highest BCUT2D eigenvalue weighted by atomic mass is 32.2. The second-order valence-electron chi connectivity index (χ2n) is 5.06. The number of aliphatic hydroxyl groups excluding tert-OH is 1. The predicted molar refractivity (Wildman–Crippen MR) is 80.9 cm³/mol. The van der Waals surface area contributed by atoms with Gasteiger partial charge in [0.15, 0.2) is 0 Å². The first-order valence-electron chi connectivity index (χ1n) is 6.98. The molecule has 0 bridgehead atoms. The molecule has 114 valence electrons. The van der Waals surface area contributed by atoms with E-state index in [1.165, 1.54) is 4.31 Å². The number of rotatable bonds is 4. The Kier molecular flexibility index (Phi) is 5.37. The van der Waals surface area contributed by atoms with E-state index in [-0.39, 0.29) is 24.0 Å². The summed E-state index contributed by atoms with van der Waals surface area (Å²) < 4.78 is 26.7.